The minimum absolute atomic E-state index is 0.0392. The number of sulfonamides is 1. The monoisotopic (exact) mass is 287 g/mol. The van der Waals surface area contributed by atoms with Gasteiger partial charge in [-0.05, 0) is 13.3 Å². The van der Waals surface area contributed by atoms with Gasteiger partial charge in [-0.1, -0.05) is 22.9 Å². The SMILES string of the molecule is CCOCCS(=O)(=O)NCCC(C)Br. The molecule has 0 saturated carbocycles. The van der Waals surface area contributed by atoms with Crippen molar-refractivity contribution in [3.63, 3.8) is 0 Å². The highest BCUT2D eigenvalue weighted by Gasteiger charge is 2.09. The third kappa shape index (κ3) is 8.93. The molecule has 0 aromatic carbocycles. The first-order chi connectivity index (χ1) is 6.48. The standard InChI is InChI=1S/C8H18BrNO3S/c1-3-13-6-7-14(11,12)10-5-4-8(2)9/h8,10H,3-7H2,1-2H3. The maximum Gasteiger partial charge on any atom is 0.213 e. The molecule has 0 aliphatic heterocycles. The molecule has 0 aliphatic rings. The molecule has 0 aromatic rings. The van der Waals surface area contributed by atoms with E-state index in [0.29, 0.717) is 18.0 Å². The van der Waals surface area contributed by atoms with E-state index >= 15 is 0 Å². The van der Waals surface area contributed by atoms with Gasteiger partial charge in [-0.2, -0.15) is 0 Å². The number of nitrogens with one attached hydrogen (secondary N) is 1. The zero-order chi connectivity index (χ0) is 11.0. The van der Waals surface area contributed by atoms with Crippen molar-refractivity contribution in [2.45, 2.75) is 25.1 Å². The normalized spacial score (nSPS) is 14.2. The van der Waals surface area contributed by atoms with E-state index in [0.717, 1.165) is 6.42 Å². The molecule has 0 radical (unpaired) electrons. The van der Waals surface area contributed by atoms with Crippen LogP contribution in [0.15, 0.2) is 0 Å². The first kappa shape index (κ1) is 14.3. The summed E-state index contributed by atoms with van der Waals surface area (Å²) in [6.07, 6.45) is 0.786. The van der Waals surface area contributed by atoms with Crippen LogP contribution in [0.2, 0.25) is 0 Å². The topological polar surface area (TPSA) is 55.4 Å². The van der Waals surface area contributed by atoms with Crippen molar-refractivity contribution in [1.29, 1.82) is 0 Å². The van der Waals surface area contributed by atoms with Gasteiger partial charge in [0.1, 0.15) is 0 Å². The van der Waals surface area contributed by atoms with E-state index in [9.17, 15) is 8.42 Å². The highest BCUT2D eigenvalue weighted by atomic mass is 79.9. The van der Waals surface area contributed by atoms with Gasteiger partial charge in [-0.15, -0.1) is 0 Å². The molecule has 0 aliphatic carbocycles. The number of hydrogen-bond donors (Lipinski definition) is 1. The zero-order valence-electron chi connectivity index (χ0n) is 8.62. The van der Waals surface area contributed by atoms with Gasteiger partial charge in [-0.25, -0.2) is 13.1 Å². The number of halogens is 1. The Labute approximate surface area is 94.6 Å². The van der Waals surface area contributed by atoms with Crippen LogP contribution in [0.25, 0.3) is 0 Å². The summed E-state index contributed by atoms with van der Waals surface area (Å²) in [5.41, 5.74) is 0. The molecular formula is C8H18BrNO3S. The van der Waals surface area contributed by atoms with Crippen LogP contribution in [-0.2, 0) is 14.8 Å². The molecule has 0 rings (SSSR count). The Balaban J connectivity index is 3.62. The first-order valence-electron chi connectivity index (χ1n) is 4.67. The van der Waals surface area contributed by atoms with Crippen LogP contribution in [-0.4, -0.2) is 38.8 Å². The molecule has 0 spiro atoms. The van der Waals surface area contributed by atoms with Gasteiger partial charge >= 0.3 is 0 Å². The third-order valence-corrected chi connectivity index (χ3v) is 3.37. The molecule has 1 atom stereocenters. The van der Waals surface area contributed by atoms with Crippen LogP contribution in [0, 0.1) is 0 Å². The van der Waals surface area contributed by atoms with Crippen molar-refractivity contribution in [2.24, 2.45) is 0 Å². The Morgan fingerprint density at radius 1 is 1.50 bits per heavy atom. The average molecular weight is 288 g/mol. The molecule has 0 fully saturated rings. The summed E-state index contributed by atoms with van der Waals surface area (Å²) >= 11 is 3.35. The van der Waals surface area contributed by atoms with Gasteiger partial charge < -0.3 is 4.74 Å². The molecule has 4 nitrogen and oxygen atoms in total. The summed E-state index contributed by atoms with van der Waals surface area (Å²) in [7, 11) is -3.15. The van der Waals surface area contributed by atoms with Gasteiger partial charge in [-0.3, -0.25) is 0 Å². The van der Waals surface area contributed by atoms with Crippen molar-refractivity contribution in [1.82, 2.24) is 4.72 Å². The Bertz CT molecular complexity index is 229. The van der Waals surface area contributed by atoms with Crippen LogP contribution >= 0.6 is 15.9 Å². The van der Waals surface area contributed by atoms with Gasteiger partial charge in [0.15, 0.2) is 0 Å². The third-order valence-electron chi connectivity index (χ3n) is 1.56. The Morgan fingerprint density at radius 2 is 2.14 bits per heavy atom. The van der Waals surface area contributed by atoms with Crippen LogP contribution in [0.3, 0.4) is 0 Å². The lowest BCUT2D eigenvalue weighted by atomic mass is 10.3. The van der Waals surface area contributed by atoms with Crippen molar-refractivity contribution in [2.75, 3.05) is 25.5 Å². The molecule has 0 aromatic heterocycles. The first-order valence-corrected chi connectivity index (χ1v) is 7.24. The molecule has 1 N–H and O–H groups in total. The van der Waals surface area contributed by atoms with Crippen molar-refractivity contribution in [3.05, 3.63) is 0 Å². The van der Waals surface area contributed by atoms with E-state index in [1.165, 1.54) is 0 Å². The van der Waals surface area contributed by atoms with Gasteiger partial charge in [0.05, 0.1) is 12.4 Å². The lowest BCUT2D eigenvalue weighted by molar-refractivity contribution is 0.163. The van der Waals surface area contributed by atoms with Crippen molar-refractivity contribution >= 4 is 26.0 Å². The summed E-state index contributed by atoms with van der Waals surface area (Å²) in [6.45, 7) is 5.10. The maximum atomic E-state index is 11.3. The minimum Gasteiger partial charge on any atom is -0.381 e. The summed E-state index contributed by atoms with van der Waals surface area (Å²) < 4.78 is 30.0. The highest BCUT2D eigenvalue weighted by Crippen LogP contribution is 2.01. The average Bonchev–Trinajstić information content (AvgIpc) is 2.03. The molecule has 1 unspecified atom stereocenters. The summed E-state index contributed by atoms with van der Waals surface area (Å²) in [4.78, 5) is 0.331. The van der Waals surface area contributed by atoms with Gasteiger partial charge in [0.2, 0.25) is 10.0 Å². The van der Waals surface area contributed by atoms with Crippen LogP contribution < -0.4 is 4.72 Å². The highest BCUT2D eigenvalue weighted by molar-refractivity contribution is 9.09. The number of rotatable bonds is 8. The molecule has 6 heteroatoms. The van der Waals surface area contributed by atoms with Gasteiger partial charge in [0, 0.05) is 18.0 Å². The van der Waals surface area contributed by atoms with Crippen LogP contribution in [0.4, 0.5) is 0 Å². The van der Waals surface area contributed by atoms with E-state index < -0.39 is 10.0 Å². The quantitative estimate of drug-likeness (QED) is 0.538. The fourth-order valence-corrected chi connectivity index (χ4v) is 1.94. The van der Waals surface area contributed by atoms with Gasteiger partial charge in [0.25, 0.3) is 0 Å². The smallest absolute Gasteiger partial charge is 0.213 e. The van der Waals surface area contributed by atoms with Crippen molar-refractivity contribution in [3.8, 4) is 0 Å². The fraction of sp³-hybridized carbons (Fsp3) is 1.00. The molecule has 86 valence electrons. The van der Waals surface area contributed by atoms with E-state index in [1.807, 2.05) is 13.8 Å². The lowest BCUT2D eigenvalue weighted by Gasteiger charge is -2.07. The number of hydrogen-bond acceptors (Lipinski definition) is 3. The predicted octanol–water partition coefficient (Wildman–Crippen LogP) is 1.12. The van der Waals surface area contributed by atoms with E-state index in [2.05, 4.69) is 20.7 Å². The Morgan fingerprint density at radius 3 is 2.64 bits per heavy atom. The molecular weight excluding hydrogens is 270 g/mol. The summed E-state index contributed by atoms with van der Waals surface area (Å²) in [6, 6.07) is 0. The second-order valence-electron chi connectivity index (χ2n) is 2.98. The maximum absolute atomic E-state index is 11.3. The second-order valence-corrected chi connectivity index (χ2v) is 6.47. The number of ether oxygens (including phenoxy) is 1. The van der Waals surface area contributed by atoms with Crippen molar-refractivity contribution < 1.29 is 13.2 Å². The van der Waals surface area contributed by atoms with Crippen LogP contribution in [0.5, 0.6) is 0 Å². The fourth-order valence-electron chi connectivity index (χ4n) is 0.798. The predicted molar refractivity (Wildman–Crippen MR) is 61.3 cm³/mol. The minimum atomic E-state index is -3.15. The van der Waals surface area contributed by atoms with E-state index in [4.69, 9.17) is 4.74 Å². The lowest BCUT2D eigenvalue weighted by Crippen LogP contribution is -2.30. The molecule has 14 heavy (non-hydrogen) atoms. The van der Waals surface area contributed by atoms with Crippen LogP contribution in [0.1, 0.15) is 20.3 Å². The Hall–Kier alpha value is 0.350. The summed E-state index contributed by atoms with van der Waals surface area (Å²) in [5.74, 6) is 0.0392. The largest absolute Gasteiger partial charge is 0.381 e. The van der Waals surface area contributed by atoms with E-state index in [-0.39, 0.29) is 12.4 Å². The number of alkyl halides is 1. The molecule has 0 bridgehead atoms. The molecule has 0 saturated heterocycles. The molecule has 0 amide bonds. The second kappa shape index (κ2) is 7.62. The summed E-state index contributed by atoms with van der Waals surface area (Å²) in [5, 5.41) is 0. The Kier molecular flexibility index (Phi) is 7.81. The molecule has 0 heterocycles. The van der Waals surface area contributed by atoms with E-state index in [1.54, 1.807) is 0 Å². The zero-order valence-corrected chi connectivity index (χ0v) is 11.0.